The Kier molecular flexibility index (Phi) is 5.49. The van der Waals surface area contributed by atoms with E-state index in [1.54, 1.807) is 37.3 Å². The van der Waals surface area contributed by atoms with E-state index < -0.39 is 14.9 Å². The van der Waals surface area contributed by atoms with Crippen LogP contribution in [-0.4, -0.2) is 24.2 Å². The molecule has 25 heavy (non-hydrogen) atoms. The van der Waals surface area contributed by atoms with Gasteiger partial charge < -0.3 is 0 Å². The second-order valence-corrected chi connectivity index (χ2v) is 10.6. The van der Waals surface area contributed by atoms with Crippen LogP contribution in [0.4, 0.5) is 0 Å². The van der Waals surface area contributed by atoms with Crippen molar-refractivity contribution in [1.82, 2.24) is 9.29 Å². The molecule has 2 amide bonds. The summed E-state index contributed by atoms with van der Waals surface area (Å²) in [5, 5.41) is 1.02. The number of aromatic nitrogens is 1. The lowest BCUT2D eigenvalue weighted by atomic mass is 10.1. The summed E-state index contributed by atoms with van der Waals surface area (Å²) in [6.45, 7) is 1.74. The molecular weight excluding hydrogens is 446 g/mol. The molecule has 1 aromatic carbocycles. The average Bonchev–Trinajstić information content (AvgIpc) is 2.73. The number of carbonyl (C=O) groups excluding carboxylic acids is 2. The minimum Gasteiger partial charge on any atom is -0.268 e. The van der Waals surface area contributed by atoms with Gasteiger partial charge in [0.15, 0.2) is 0 Å². The highest BCUT2D eigenvalue weighted by molar-refractivity contribution is 8.03. The van der Waals surface area contributed by atoms with Gasteiger partial charge in [-0.3, -0.25) is 9.59 Å². The van der Waals surface area contributed by atoms with Gasteiger partial charge in [0.2, 0.25) is 0 Å². The minimum absolute atomic E-state index is 0.206. The van der Waals surface area contributed by atoms with Crippen molar-refractivity contribution in [2.75, 3.05) is 0 Å². The Balaban J connectivity index is 2.02. The number of hydrogen-bond donors (Lipinski definition) is 0. The van der Waals surface area contributed by atoms with Gasteiger partial charge in [0.05, 0.1) is 11.1 Å². The molecule has 0 unspecified atom stereocenters. The molecule has 1 aliphatic rings. The number of benzene rings is 1. The first kappa shape index (κ1) is 19.1. The molecule has 0 fully saturated rings. The highest BCUT2D eigenvalue weighted by Crippen LogP contribution is 2.45. The number of aryl methyl sites for hydroxylation is 1. The number of rotatable bonds is 3. The number of alkyl halides is 3. The lowest BCUT2D eigenvalue weighted by molar-refractivity contribution is 0.0776. The number of amides is 2. The molecule has 0 radical (unpaired) electrons. The standard InChI is InChI=1S/C15H8Cl4N2O2S2/c1-7-6-10-11(14(23)21(13(10)22)25-15(17,18)19)12(20-7)24-9-4-2-8(16)3-5-9/h2-6H,1H3. The number of pyridine rings is 1. The monoisotopic (exact) mass is 452 g/mol. The minimum atomic E-state index is -1.83. The zero-order valence-corrected chi connectivity index (χ0v) is 17.1. The first-order chi connectivity index (χ1) is 11.7. The number of nitrogens with zero attached hydrogens (tertiary/aromatic N) is 2. The van der Waals surface area contributed by atoms with Crippen molar-refractivity contribution in [1.29, 1.82) is 0 Å². The number of fused-ring (bicyclic) bond motifs is 1. The molecule has 0 saturated carbocycles. The van der Waals surface area contributed by atoms with Crippen molar-refractivity contribution in [3.05, 3.63) is 52.2 Å². The van der Waals surface area contributed by atoms with Crippen LogP contribution in [0.15, 0.2) is 40.3 Å². The van der Waals surface area contributed by atoms with E-state index in [4.69, 9.17) is 46.4 Å². The van der Waals surface area contributed by atoms with Crippen LogP contribution in [0.5, 0.6) is 0 Å². The summed E-state index contributed by atoms with van der Waals surface area (Å²) in [7, 11) is 0. The summed E-state index contributed by atoms with van der Waals surface area (Å²) in [6, 6.07) is 8.63. The van der Waals surface area contributed by atoms with Crippen LogP contribution in [0.2, 0.25) is 5.02 Å². The van der Waals surface area contributed by atoms with Crippen molar-refractivity contribution in [2.24, 2.45) is 0 Å². The van der Waals surface area contributed by atoms with Crippen LogP contribution < -0.4 is 0 Å². The Labute approximate surface area is 172 Å². The predicted octanol–water partition coefficient (Wildman–Crippen LogP) is 5.77. The molecule has 130 valence electrons. The molecule has 0 saturated heterocycles. The molecule has 4 nitrogen and oxygen atoms in total. The lowest BCUT2D eigenvalue weighted by Crippen LogP contribution is -2.25. The Morgan fingerprint density at radius 3 is 2.32 bits per heavy atom. The summed E-state index contributed by atoms with van der Waals surface area (Å²) in [6.07, 6.45) is 0. The van der Waals surface area contributed by atoms with E-state index >= 15 is 0 Å². The highest BCUT2D eigenvalue weighted by Gasteiger charge is 2.43. The Morgan fingerprint density at radius 1 is 1.08 bits per heavy atom. The highest BCUT2D eigenvalue weighted by atomic mass is 35.6. The van der Waals surface area contributed by atoms with Gasteiger partial charge in [-0.15, -0.1) is 0 Å². The fraction of sp³-hybridized carbons (Fsp3) is 0.133. The molecule has 0 atom stereocenters. The van der Waals surface area contributed by atoms with Gasteiger partial charge in [-0.05, 0) is 37.3 Å². The van der Waals surface area contributed by atoms with E-state index in [0.717, 1.165) is 9.20 Å². The number of halogens is 4. The maximum Gasteiger partial charge on any atom is 0.274 e. The zero-order valence-electron chi connectivity index (χ0n) is 12.4. The van der Waals surface area contributed by atoms with Crippen LogP contribution >= 0.6 is 70.1 Å². The maximum atomic E-state index is 12.7. The first-order valence-corrected chi connectivity index (χ1v) is 9.85. The van der Waals surface area contributed by atoms with E-state index in [0.29, 0.717) is 27.7 Å². The average molecular weight is 454 g/mol. The van der Waals surface area contributed by atoms with Gasteiger partial charge in [0.25, 0.3) is 14.9 Å². The van der Waals surface area contributed by atoms with E-state index in [1.807, 2.05) is 0 Å². The zero-order chi connectivity index (χ0) is 18.4. The second-order valence-electron chi connectivity index (χ2n) is 4.99. The van der Waals surface area contributed by atoms with Gasteiger partial charge in [0, 0.05) is 27.6 Å². The molecule has 1 aromatic heterocycles. The molecule has 2 heterocycles. The maximum absolute atomic E-state index is 12.7. The van der Waals surface area contributed by atoms with Gasteiger partial charge in [-0.25, -0.2) is 9.29 Å². The molecule has 0 bridgehead atoms. The smallest absolute Gasteiger partial charge is 0.268 e. The van der Waals surface area contributed by atoms with Gasteiger partial charge in [0.1, 0.15) is 5.03 Å². The molecule has 3 rings (SSSR count). The van der Waals surface area contributed by atoms with Crippen molar-refractivity contribution >= 4 is 81.9 Å². The Hall–Kier alpha value is -0.630. The molecule has 0 aliphatic carbocycles. The SMILES string of the molecule is Cc1cc2c(c(Sc3ccc(Cl)cc3)n1)C(=O)N(SC(Cl)(Cl)Cl)C2=O. The van der Waals surface area contributed by atoms with Crippen LogP contribution in [-0.2, 0) is 0 Å². The largest absolute Gasteiger partial charge is 0.274 e. The van der Waals surface area contributed by atoms with Crippen LogP contribution in [0.3, 0.4) is 0 Å². The quantitative estimate of drug-likeness (QED) is 0.335. The van der Waals surface area contributed by atoms with Crippen molar-refractivity contribution in [3.63, 3.8) is 0 Å². The Bertz CT molecular complexity index is 869. The molecule has 0 N–H and O–H groups in total. The van der Waals surface area contributed by atoms with Gasteiger partial charge >= 0.3 is 0 Å². The summed E-state index contributed by atoms with van der Waals surface area (Å²) in [5.41, 5.74) is 1.06. The van der Waals surface area contributed by atoms with Crippen LogP contribution in [0, 0.1) is 6.92 Å². The lowest BCUT2D eigenvalue weighted by Gasteiger charge is -2.17. The van der Waals surface area contributed by atoms with Crippen LogP contribution in [0.25, 0.3) is 0 Å². The summed E-state index contributed by atoms with van der Waals surface area (Å²) in [5.74, 6) is -1.08. The van der Waals surface area contributed by atoms with Crippen molar-refractivity contribution < 1.29 is 9.59 Å². The molecule has 2 aromatic rings. The topological polar surface area (TPSA) is 50.3 Å². The van der Waals surface area contributed by atoms with E-state index in [9.17, 15) is 9.59 Å². The first-order valence-electron chi connectivity index (χ1n) is 6.75. The summed E-state index contributed by atoms with van der Waals surface area (Å²) < 4.78 is -0.982. The third-order valence-electron chi connectivity index (χ3n) is 3.15. The fourth-order valence-corrected chi connectivity index (χ4v) is 4.49. The summed E-state index contributed by atoms with van der Waals surface area (Å²) >= 11 is 24.8. The van der Waals surface area contributed by atoms with E-state index in [1.165, 1.54) is 11.8 Å². The van der Waals surface area contributed by atoms with E-state index in [-0.39, 0.29) is 11.1 Å². The fourth-order valence-electron chi connectivity index (χ4n) is 2.20. The van der Waals surface area contributed by atoms with Crippen molar-refractivity contribution in [3.8, 4) is 0 Å². The predicted molar refractivity (Wildman–Crippen MR) is 103 cm³/mol. The van der Waals surface area contributed by atoms with Crippen LogP contribution in [0.1, 0.15) is 26.4 Å². The number of hydrogen-bond acceptors (Lipinski definition) is 5. The molecule has 10 heteroatoms. The van der Waals surface area contributed by atoms with Gasteiger partial charge in [-0.2, -0.15) is 0 Å². The normalized spacial score (nSPS) is 14.2. The van der Waals surface area contributed by atoms with Crippen molar-refractivity contribution in [2.45, 2.75) is 20.0 Å². The molecular formula is C15H8Cl4N2O2S2. The number of imide groups is 1. The third kappa shape index (κ3) is 4.21. The van der Waals surface area contributed by atoms with Gasteiger partial charge in [-0.1, -0.05) is 58.2 Å². The second kappa shape index (κ2) is 7.18. The Morgan fingerprint density at radius 2 is 1.72 bits per heavy atom. The number of carbonyl (C=O) groups is 2. The summed E-state index contributed by atoms with van der Waals surface area (Å²) in [4.78, 5) is 30.5. The third-order valence-corrected chi connectivity index (χ3v) is 5.74. The van der Waals surface area contributed by atoms with E-state index in [2.05, 4.69) is 4.98 Å². The molecule has 1 aliphatic heterocycles. The molecule has 0 spiro atoms.